The van der Waals surface area contributed by atoms with Crippen molar-refractivity contribution in [1.82, 2.24) is 10.6 Å². The molecule has 6 nitrogen and oxygen atoms in total. The standard InChI is InChI=1S/C20H20FN3O3/c21-14-5-3-4-13(12-14)10-11-22-18(25)9-8-17-20(27)23-16-7-2-1-6-15(16)19(26)24-17/h1-7,12,17H,8-11H2,(H,22,25)(H,23,27)(H,24,26)/t17-/m1/s1. The molecule has 0 spiro atoms. The Hall–Kier alpha value is -3.22. The van der Waals surface area contributed by atoms with Gasteiger partial charge in [-0.05, 0) is 42.7 Å². The average Bonchev–Trinajstić information content (AvgIpc) is 2.76. The van der Waals surface area contributed by atoms with Gasteiger partial charge in [-0.15, -0.1) is 0 Å². The Labute approximate surface area is 156 Å². The summed E-state index contributed by atoms with van der Waals surface area (Å²) in [5.74, 6) is -1.23. The predicted octanol–water partition coefficient (Wildman–Crippen LogP) is 2.02. The number of carbonyl (C=O) groups excluding carboxylic acids is 3. The maximum absolute atomic E-state index is 13.1. The van der Waals surface area contributed by atoms with E-state index in [-0.39, 0.29) is 36.4 Å². The lowest BCUT2D eigenvalue weighted by Crippen LogP contribution is -2.42. The van der Waals surface area contributed by atoms with Crippen LogP contribution in [0, 0.1) is 5.82 Å². The number of hydrogen-bond donors (Lipinski definition) is 3. The van der Waals surface area contributed by atoms with E-state index in [0.717, 1.165) is 5.56 Å². The van der Waals surface area contributed by atoms with Gasteiger partial charge in [0.05, 0.1) is 11.3 Å². The molecule has 0 saturated carbocycles. The van der Waals surface area contributed by atoms with Gasteiger partial charge in [0, 0.05) is 13.0 Å². The first-order valence-electron chi connectivity index (χ1n) is 8.75. The number of rotatable bonds is 6. The van der Waals surface area contributed by atoms with Gasteiger partial charge >= 0.3 is 0 Å². The number of fused-ring (bicyclic) bond motifs is 1. The van der Waals surface area contributed by atoms with Crippen molar-refractivity contribution in [3.05, 3.63) is 65.5 Å². The largest absolute Gasteiger partial charge is 0.356 e. The molecule has 0 aromatic heterocycles. The highest BCUT2D eigenvalue weighted by molar-refractivity contribution is 6.09. The van der Waals surface area contributed by atoms with Crippen molar-refractivity contribution in [3.63, 3.8) is 0 Å². The summed E-state index contributed by atoms with van der Waals surface area (Å²) < 4.78 is 13.1. The Kier molecular flexibility index (Phi) is 5.80. The number of anilines is 1. The zero-order valence-electron chi connectivity index (χ0n) is 14.6. The second-order valence-electron chi connectivity index (χ2n) is 6.33. The fourth-order valence-corrected chi connectivity index (χ4v) is 2.92. The van der Waals surface area contributed by atoms with Crippen molar-refractivity contribution in [2.45, 2.75) is 25.3 Å². The summed E-state index contributed by atoms with van der Waals surface area (Å²) in [4.78, 5) is 36.5. The number of para-hydroxylation sites is 1. The predicted molar refractivity (Wildman–Crippen MR) is 98.7 cm³/mol. The lowest BCUT2D eigenvalue weighted by Gasteiger charge is -2.14. The minimum atomic E-state index is -0.779. The second kappa shape index (κ2) is 8.44. The highest BCUT2D eigenvalue weighted by Crippen LogP contribution is 2.19. The fraction of sp³-hybridized carbons (Fsp3) is 0.250. The molecule has 3 N–H and O–H groups in total. The number of nitrogens with one attached hydrogen (secondary N) is 3. The van der Waals surface area contributed by atoms with Crippen molar-refractivity contribution in [1.29, 1.82) is 0 Å². The van der Waals surface area contributed by atoms with Crippen LogP contribution in [0.25, 0.3) is 0 Å². The van der Waals surface area contributed by atoms with Crippen molar-refractivity contribution in [2.75, 3.05) is 11.9 Å². The molecule has 0 unspecified atom stereocenters. The number of carbonyl (C=O) groups is 3. The zero-order valence-corrected chi connectivity index (χ0v) is 14.6. The van der Waals surface area contributed by atoms with E-state index in [9.17, 15) is 18.8 Å². The third kappa shape index (κ3) is 4.91. The van der Waals surface area contributed by atoms with Crippen LogP contribution >= 0.6 is 0 Å². The van der Waals surface area contributed by atoms with E-state index in [1.54, 1.807) is 36.4 Å². The Morgan fingerprint density at radius 1 is 1.11 bits per heavy atom. The highest BCUT2D eigenvalue weighted by atomic mass is 19.1. The van der Waals surface area contributed by atoms with E-state index in [2.05, 4.69) is 16.0 Å². The maximum atomic E-state index is 13.1. The molecule has 1 aliphatic heterocycles. The average molecular weight is 369 g/mol. The van der Waals surface area contributed by atoms with Crippen molar-refractivity contribution in [2.24, 2.45) is 0 Å². The zero-order chi connectivity index (χ0) is 19.2. The summed E-state index contributed by atoms with van der Waals surface area (Å²) in [6, 6.07) is 12.2. The molecule has 2 aromatic carbocycles. The molecule has 0 fully saturated rings. The Morgan fingerprint density at radius 2 is 1.93 bits per heavy atom. The van der Waals surface area contributed by atoms with Gasteiger partial charge in [0.25, 0.3) is 5.91 Å². The van der Waals surface area contributed by atoms with Crippen LogP contribution in [0.2, 0.25) is 0 Å². The first kappa shape index (κ1) is 18.6. The van der Waals surface area contributed by atoms with Gasteiger partial charge in [-0.2, -0.15) is 0 Å². The minimum Gasteiger partial charge on any atom is -0.356 e. The minimum absolute atomic E-state index is 0.0951. The number of benzene rings is 2. The van der Waals surface area contributed by atoms with Gasteiger partial charge in [0.1, 0.15) is 11.9 Å². The summed E-state index contributed by atoms with van der Waals surface area (Å²) in [5.41, 5.74) is 1.65. The first-order valence-corrected chi connectivity index (χ1v) is 8.75. The van der Waals surface area contributed by atoms with E-state index < -0.39 is 6.04 Å². The smallest absolute Gasteiger partial charge is 0.254 e. The first-order chi connectivity index (χ1) is 13.0. The van der Waals surface area contributed by atoms with Gasteiger partial charge in [0.2, 0.25) is 11.8 Å². The van der Waals surface area contributed by atoms with Crippen molar-refractivity contribution < 1.29 is 18.8 Å². The molecule has 0 aliphatic carbocycles. The van der Waals surface area contributed by atoms with Gasteiger partial charge in [0.15, 0.2) is 0 Å². The molecule has 0 saturated heterocycles. The van der Waals surface area contributed by atoms with Crippen molar-refractivity contribution in [3.8, 4) is 0 Å². The monoisotopic (exact) mass is 369 g/mol. The molecule has 3 rings (SSSR count). The molecule has 7 heteroatoms. The quantitative estimate of drug-likeness (QED) is 0.728. The van der Waals surface area contributed by atoms with Gasteiger partial charge in [-0.25, -0.2) is 4.39 Å². The topological polar surface area (TPSA) is 87.3 Å². The highest BCUT2D eigenvalue weighted by Gasteiger charge is 2.27. The molecule has 0 radical (unpaired) electrons. The van der Waals surface area contributed by atoms with E-state index in [1.165, 1.54) is 12.1 Å². The van der Waals surface area contributed by atoms with Crippen molar-refractivity contribution >= 4 is 23.4 Å². The van der Waals surface area contributed by atoms with Crippen LogP contribution in [0.1, 0.15) is 28.8 Å². The van der Waals surface area contributed by atoms with Crippen LogP contribution in [-0.4, -0.2) is 30.3 Å². The lowest BCUT2D eigenvalue weighted by molar-refractivity contribution is -0.121. The van der Waals surface area contributed by atoms with E-state index in [4.69, 9.17) is 0 Å². The molecule has 1 heterocycles. The molecular formula is C20H20FN3O3. The van der Waals surface area contributed by atoms with Gasteiger partial charge in [-0.3, -0.25) is 14.4 Å². The molecular weight excluding hydrogens is 349 g/mol. The van der Waals surface area contributed by atoms with Crippen LogP contribution in [0.3, 0.4) is 0 Å². The normalized spacial score (nSPS) is 16.0. The fourth-order valence-electron chi connectivity index (χ4n) is 2.92. The van der Waals surface area contributed by atoms with Gasteiger partial charge < -0.3 is 16.0 Å². The molecule has 140 valence electrons. The SMILES string of the molecule is O=C(CC[C@H]1NC(=O)c2ccccc2NC1=O)NCCc1cccc(F)c1. The molecule has 27 heavy (non-hydrogen) atoms. The molecule has 1 aliphatic rings. The Bertz CT molecular complexity index is 869. The summed E-state index contributed by atoms with van der Waals surface area (Å²) in [6.45, 7) is 0.372. The molecule has 2 aromatic rings. The summed E-state index contributed by atoms with van der Waals surface area (Å²) in [5, 5.41) is 8.11. The third-order valence-corrected chi connectivity index (χ3v) is 4.34. The van der Waals surface area contributed by atoms with Crippen LogP contribution in [0.4, 0.5) is 10.1 Å². The number of amides is 3. The second-order valence-corrected chi connectivity index (χ2v) is 6.33. The molecule has 3 amide bonds. The van der Waals surface area contributed by atoms with Crippen LogP contribution in [-0.2, 0) is 16.0 Å². The van der Waals surface area contributed by atoms with E-state index in [0.29, 0.717) is 24.2 Å². The summed E-state index contributed by atoms with van der Waals surface area (Å²) >= 11 is 0. The van der Waals surface area contributed by atoms with E-state index >= 15 is 0 Å². The molecule has 0 bridgehead atoms. The van der Waals surface area contributed by atoms with E-state index in [1.807, 2.05) is 0 Å². The van der Waals surface area contributed by atoms with Crippen LogP contribution in [0.15, 0.2) is 48.5 Å². The summed E-state index contributed by atoms with van der Waals surface area (Å²) in [6.07, 6.45) is 0.800. The van der Waals surface area contributed by atoms with Crippen LogP contribution in [0.5, 0.6) is 0 Å². The number of halogens is 1. The number of hydrogen-bond acceptors (Lipinski definition) is 3. The van der Waals surface area contributed by atoms with Gasteiger partial charge in [-0.1, -0.05) is 24.3 Å². The maximum Gasteiger partial charge on any atom is 0.254 e. The Morgan fingerprint density at radius 3 is 2.74 bits per heavy atom. The summed E-state index contributed by atoms with van der Waals surface area (Å²) in [7, 11) is 0. The van der Waals surface area contributed by atoms with Crippen LogP contribution < -0.4 is 16.0 Å². The molecule has 1 atom stereocenters. The lowest BCUT2D eigenvalue weighted by atomic mass is 10.1. The third-order valence-electron chi connectivity index (χ3n) is 4.34. The Balaban J connectivity index is 1.47.